The van der Waals surface area contributed by atoms with Crippen LogP contribution in [0.25, 0.3) is 0 Å². The van der Waals surface area contributed by atoms with Crippen LogP contribution < -0.4 is 14.8 Å². The zero-order valence-corrected chi connectivity index (χ0v) is 18.0. The maximum Gasteiger partial charge on any atom is 0.573 e. The van der Waals surface area contributed by atoms with Crippen molar-refractivity contribution in [2.75, 3.05) is 13.5 Å². The number of aryl methyl sites for hydroxylation is 2. The lowest BCUT2D eigenvalue weighted by molar-refractivity contribution is -0.274. The monoisotopic (exact) mass is 519 g/mol. The Morgan fingerprint density at radius 3 is 2.23 bits per heavy atom. The number of ether oxygens (including phenoxy) is 3. The molecule has 2 aromatic rings. The quantitative estimate of drug-likeness (QED) is 0.253. The minimum absolute atomic E-state index is 0.236. The number of para-hydroxylation sites is 1. The number of halogens is 9. The first-order valence-electron chi connectivity index (χ1n) is 10.2. The molecular formula is C22H22F9NO3. The molecular weight excluding hydrogens is 497 g/mol. The molecule has 0 aliphatic rings. The highest BCUT2D eigenvalue weighted by atomic mass is 19.4. The van der Waals surface area contributed by atoms with Gasteiger partial charge in [-0.05, 0) is 48.6 Å². The van der Waals surface area contributed by atoms with Crippen LogP contribution in [-0.2, 0) is 17.6 Å². The van der Waals surface area contributed by atoms with Crippen molar-refractivity contribution in [3.8, 4) is 11.5 Å². The molecule has 0 heterocycles. The van der Waals surface area contributed by atoms with Crippen molar-refractivity contribution < 1.29 is 53.7 Å². The second-order valence-corrected chi connectivity index (χ2v) is 7.33. The fraction of sp³-hybridized carbons (Fsp3) is 0.455. The van der Waals surface area contributed by atoms with E-state index in [-0.39, 0.29) is 24.3 Å². The van der Waals surface area contributed by atoms with Crippen LogP contribution in [-0.4, -0.2) is 44.7 Å². The summed E-state index contributed by atoms with van der Waals surface area (Å²) in [5.74, 6) is -0.146. The molecule has 0 fully saturated rings. The van der Waals surface area contributed by atoms with Crippen molar-refractivity contribution in [3.05, 3.63) is 59.7 Å². The summed E-state index contributed by atoms with van der Waals surface area (Å²) in [6.45, 7) is -1.94. The third-order valence-corrected chi connectivity index (χ3v) is 4.68. The van der Waals surface area contributed by atoms with E-state index in [1.807, 2.05) is 0 Å². The number of rotatable bonds is 13. The smallest absolute Gasteiger partial charge is 0.491 e. The number of hydrogen-bond acceptors (Lipinski definition) is 4. The third-order valence-electron chi connectivity index (χ3n) is 4.68. The molecule has 0 aromatic heterocycles. The van der Waals surface area contributed by atoms with Gasteiger partial charge < -0.3 is 14.2 Å². The van der Waals surface area contributed by atoms with Gasteiger partial charge in [-0.1, -0.05) is 30.3 Å². The van der Waals surface area contributed by atoms with E-state index in [2.05, 4.69) is 9.47 Å². The predicted octanol–water partition coefficient (Wildman–Crippen LogP) is 6.19. The number of benzene rings is 2. The van der Waals surface area contributed by atoms with E-state index in [1.54, 1.807) is 24.3 Å². The van der Waals surface area contributed by atoms with E-state index >= 15 is 0 Å². The van der Waals surface area contributed by atoms with Crippen molar-refractivity contribution in [2.45, 2.75) is 50.5 Å². The Morgan fingerprint density at radius 1 is 0.886 bits per heavy atom. The number of hydrogen-bond donors (Lipinski definition) is 1. The molecule has 2 rings (SSSR count). The van der Waals surface area contributed by atoms with Crippen molar-refractivity contribution in [1.29, 1.82) is 0 Å². The van der Waals surface area contributed by atoms with Gasteiger partial charge in [-0.15, -0.1) is 13.2 Å². The Morgan fingerprint density at radius 2 is 1.60 bits per heavy atom. The van der Waals surface area contributed by atoms with Crippen LogP contribution in [0.1, 0.15) is 17.5 Å². The lowest BCUT2D eigenvalue weighted by atomic mass is 10.0. The summed E-state index contributed by atoms with van der Waals surface area (Å²) in [6, 6.07) is 9.40. The third kappa shape index (κ3) is 11.1. The zero-order valence-electron chi connectivity index (χ0n) is 18.0. The van der Waals surface area contributed by atoms with E-state index in [1.165, 1.54) is 18.2 Å². The van der Waals surface area contributed by atoms with E-state index in [4.69, 9.17) is 4.74 Å². The molecule has 0 amide bonds. The molecule has 0 aliphatic heterocycles. The van der Waals surface area contributed by atoms with Gasteiger partial charge in [-0.2, -0.15) is 13.2 Å². The maximum atomic E-state index is 13.0. The molecule has 4 nitrogen and oxygen atoms in total. The van der Waals surface area contributed by atoms with Crippen LogP contribution >= 0.6 is 0 Å². The van der Waals surface area contributed by atoms with Gasteiger partial charge in [0.1, 0.15) is 18.1 Å². The summed E-state index contributed by atoms with van der Waals surface area (Å²) >= 11 is 0. The molecule has 0 radical (unpaired) electrons. The Kier molecular flexibility index (Phi) is 10.5. The van der Waals surface area contributed by atoms with Crippen LogP contribution in [0.2, 0.25) is 0 Å². The van der Waals surface area contributed by atoms with E-state index in [0.29, 0.717) is 11.1 Å². The Bertz CT molecular complexity index is 906. The molecule has 0 aliphatic carbocycles. The molecule has 0 spiro atoms. The van der Waals surface area contributed by atoms with Crippen LogP contribution in [0.3, 0.4) is 0 Å². The summed E-state index contributed by atoms with van der Waals surface area (Å²) < 4.78 is 127. The summed E-state index contributed by atoms with van der Waals surface area (Å²) in [4.78, 5) is 0. The molecule has 13 heteroatoms. The minimum atomic E-state index is -5.07. The molecule has 1 N–H and O–H groups in total. The summed E-state index contributed by atoms with van der Waals surface area (Å²) in [5, 5.41) is 0.823. The standard InChI is InChI=1S/C22H22F9NO3/c23-13-34-17(11-18(20(24)25)32-21(26,27)28)12-33-19-7-2-1-5-15(19)9-8-14-4-3-6-16(10-14)35-22(29,30)31/h1-7,10,17-18,20,32H,8-9,11-13H2. The second kappa shape index (κ2) is 12.9. The minimum Gasteiger partial charge on any atom is -0.491 e. The fourth-order valence-electron chi connectivity index (χ4n) is 3.20. The summed E-state index contributed by atoms with van der Waals surface area (Å²) in [6.07, 6.45) is -15.0. The highest BCUT2D eigenvalue weighted by Crippen LogP contribution is 2.26. The van der Waals surface area contributed by atoms with Crippen LogP contribution in [0.15, 0.2) is 48.5 Å². The lowest BCUT2D eigenvalue weighted by Crippen LogP contribution is -2.47. The van der Waals surface area contributed by atoms with Gasteiger partial charge >= 0.3 is 12.7 Å². The average molecular weight is 519 g/mol. The van der Waals surface area contributed by atoms with Gasteiger partial charge in [0.25, 0.3) is 6.43 Å². The summed E-state index contributed by atoms with van der Waals surface area (Å²) in [7, 11) is 0. The lowest BCUT2D eigenvalue weighted by Gasteiger charge is -2.25. The first-order chi connectivity index (χ1) is 16.4. The van der Waals surface area contributed by atoms with Crippen molar-refractivity contribution in [3.63, 3.8) is 0 Å². The van der Waals surface area contributed by atoms with Crippen LogP contribution in [0, 0.1) is 0 Å². The molecule has 0 bridgehead atoms. The summed E-state index contributed by atoms with van der Waals surface area (Å²) in [5.41, 5.74) is 1.10. The van der Waals surface area contributed by atoms with Gasteiger partial charge in [0.2, 0.25) is 0 Å². The molecule has 196 valence electrons. The Labute approximate surface area is 195 Å². The predicted molar refractivity (Wildman–Crippen MR) is 107 cm³/mol. The molecule has 35 heavy (non-hydrogen) atoms. The van der Waals surface area contributed by atoms with E-state index < -0.39 is 51.1 Å². The average Bonchev–Trinajstić information content (AvgIpc) is 2.74. The van der Waals surface area contributed by atoms with E-state index in [0.717, 1.165) is 11.4 Å². The zero-order chi connectivity index (χ0) is 26.1. The first-order valence-corrected chi connectivity index (χ1v) is 10.2. The van der Waals surface area contributed by atoms with Gasteiger partial charge in [0.05, 0.1) is 12.1 Å². The van der Waals surface area contributed by atoms with Gasteiger partial charge in [0, 0.05) is 0 Å². The Hall–Kier alpha value is -2.67. The SMILES string of the molecule is FCOC(COc1ccccc1CCc1cccc(OC(F)(F)F)c1)CC(NC(F)(F)F)C(F)F. The van der Waals surface area contributed by atoms with Gasteiger partial charge in [-0.25, -0.2) is 18.5 Å². The second-order valence-electron chi connectivity index (χ2n) is 7.33. The van der Waals surface area contributed by atoms with Crippen molar-refractivity contribution in [1.82, 2.24) is 5.32 Å². The van der Waals surface area contributed by atoms with Gasteiger partial charge in [0.15, 0.2) is 6.86 Å². The van der Waals surface area contributed by atoms with E-state index in [9.17, 15) is 39.5 Å². The Balaban J connectivity index is 2.03. The topological polar surface area (TPSA) is 39.7 Å². The van der Waals surface area contributed by atoms with Crippen molar-refractivity contribution >= 4 is 0 Å². The van der Waals surface area contributed by atoms with Gasteiger partial charge in [-0.3, -0.25) is 0 Å². The molecule has 2 aromatic carbocycles. The normalized spacial score (nSPS) is 14.1. The highest BCUT2D eigenvalue weighted by Gasteiger charge is 2.37. The molecule has 0 saturated carbocycles. The van der Waals surface area contributed by atoms with Crippen LogP contribution in [0.4, 0.5) is 39.5 Å². The highest BCUT2D eigenvalue weighted by molar-refractivity contribution is 5.35. The number of alkyl halides is 9. The van der Waals surface area contributed by atoms with Crippen molar-refractivity contribution in [2.24, 2.45) is 0 Å². The molecule has 2 atom stereocenters. The number of nitrogens with one attached hydrogen (secondary N) is 1. The molecule has 2 unspecified atom stereocenters. The first kappa shape index (κ1) is 28.6. The largest absolute Gasteiger partial charge is 0.573 e. The van der Waals surface area contributed by atoms with Crippen LogP contribution in [0.5, 0.6) is 11.5 Å². The fourth-order valence-corrected chi connectivity index (χ4v) is 3.20. The maximum absolute atomic E-state index is 13.0. The molecule has 0 saturated heterocycles.